The van der Waals surface area contributed by atoms with Crippen LogP contribution in [0, 0.1) is 6.92 Å². The Morgan fingerprint density at radius 2 is 1.91 bits per heavy atom. The molecule has 0 radical (unpaired) electrons. The number of halogens is 1. The second-order valence-corrected chi connectivity index (χ2v) is 9.16. The average Bonchev–Trinajstić information content (AvgIpc) is 3.13. The Balaban J connectivity index is 1.57. The predicted molar refractivity (Wildman–Crippen MR) is 130 cm³/mol. The van der Waals surface area contributed by atoms with E-state index in [0.29, 0.717) is 33.8 Å². The largest absolute Gasteiger partial charge is 0.497 e. The van der Waals surface area contributed by atoms with Gasteiger partial charge in [0.15, 0.2) is 5.43 Å². The Bertz CT molecular complexity index is 1300. The Kier molecular flexibility index (Phi) is 6.34. The fourth-order valence-corrected chi connectivity index (χ4v) is 4.98. The van der Waals surface area contributed by atoms with E-state index in [1.54, 1.807) is 24.1 Å². The van der Waals surface area contributed by atoms with Crippen LogP contribution in [0.15, 0.2) is 45.6 Å². The topological polar surface area (TPSA) is 72.2 Å². The van der Waals surface area contributed by atoms with Gasteiger partial charge < -0.3 is 18.8 Å². The maximum absolute atomic E-state index is 13.7. The Labute approximate surface area is 202 Å². The number of nitrogens with zero attached hydrogens (tertiary/aromatic N) is 2. The second-order valence-electron chi connectivity index (χ2n) is 8.76. The summed E-state index contributed by atoms with van der Waals surface area (Å²) >= 11 is 6.32. The highest BCUT2D eigenvalue weighted by atomic mass is 35.5. The first-order valence-electron chi connectivity index (χ1n) is 11.5. The zero-order valence-corrected chi connectivity index (χ0v) is 20.1. The lowest BCUT2D eigenvalue weighted by molar-refractivity contribution is 0.0353. The minimum atomic E-state index is -0.553. The maximum Gasteiger partial charge on any atom is 0.290 e. The smallest absolute Gasteiger partial charge is 0.290 e. The van der Waals surface area contributed by atoms with Gasteiger partial charge >= 0.3 is 0 Å². The molecule has 8 heteroatoms. The van der Waals surface area contributed by atoms with Crippen LogP contribution in [0.3, 0.4) is 0 Å². The first-order valence-corrected chi connectivity index (χ1v) is 11.9. The van der Waals surface area contributed by atoms with Crippen molar-refractivity contribution >= 4 is 28.5 Å². The highest BCUT2D eigenvalue weighted by molar-refractivity contribution is 6.32. The summed E-state index contributed by atoms with van der Waals surface area (Å²) in [6.07, 6.45) is 0.777. The molecule has 0 N–H and O–H groups in total. The quantitative estimate of drug-likeness (QED) is 0.528. The monoisotopic (exact) mass is 482 g/mol. The number of carbonyl (C=O) groups excluding carboxylic acids is 1. The van der Waals surface area contributed by atoms with Crippen molar-refractivity contribution in [3.8, 4) is 5.75 Å². The molecule has 5 rings (SSSR count). The number of hydrogen-bond donors (Lipinski definition) is 0. The third-order valence-corrected chi connectivity index (χ3v) is 7.04. The van der Waals surface area contributed by atoms with Gasteiger partial charge in [-0.3, -0.25) is 14.5 Å². The van der Waals surface area contributed by atoms with E-state index in [2.05, 4.69) is 4.90 Å². The molecule has 2 aliphatic heterocycles. The number of aryl methyl sites for hydroxylation is 1. The van der Waals surface area contributed by atoms with E-state index in [4.69, 9.17) is 25.5 Å². The standard InChI is InChI=1S/C26H27ClN2O5/c1-16-13-21-19(15-20(16)27)24(30)22-23(17-5-3-6-18(14-17)32-2)29(26(31)25(22)34-21)8-4-7-28-9-11-33-12-10-28/h3,5-6,13-15,23H,4,7-12H2,1-2H3. The van der Waals surface area contributed by atoms with Gasteiger partial charge in [0.05, 0.1) is 37.3 Å². The van der Waals surface area contributed by atoms with Crippen molar-refractivity contribution in [3.05, 3.63) is 74.1 Å². The van der Waals surface area contributed by atoms with Crippen LogP contribution in [-0.4, -0.2) is 62.2 Å². The number of methoxy groups -OCH3 is 1. The van der Waals surface area contributed by atoms with E-state index in [1.807, 2.05) is 31.2 Å². The summed E-state index contributed by atoms with van der Waals surface area (Å²) in [6.45, 7) is 6.43. The fraction of sp³-hybridized carbons (Fsp3) is 0.385. The van der Waals surface area contributed by atoms with Crippen LogP contribution >= 0.6 is 11.6 Å². The SMILES string of the molecule is COc1cccc(C2c3c(oc4cc(C)c(Cl)cc4c3=O)C(=O)N2CCCN2CCOCC2)c1. The molecule has 3 heterocycles. The normalized spacial score (nSPS) is 18.5. The van der Waals surface area contributed by atoms with Gasteiger partial charge in [0.1, 0.15) is 11.3 Å². The van der Waals surface area contributed by atoms with Crippen LogP contribution in [0.5, 0.6) is 5.75 Å². The molecule has 2 aromatic carbocycles. The highest BCUT2D eigenvalue weighted by Crippen LogP contribution is 2.39. The van der Waals surface area contributed by atoms with Crippen LogP contribution < -0.4 is 10.2 Å². The molecule has 7 nitrogen and oxygen atoms in total. The van der Waals surface area contributed by atoms with Gasteiger partial charge in [-0.1, -0.05) is 23.7 Å². The number of morpholine rings is 1. The number of ether oxygens (including phenoxy) is 2. The molecule has 1 unspecified atom stereocenters. The molecule has 0 aliphatic carbocycles. The summed E-state index contributed by atoms with van der Waals surface area (Å²) in [5.41, 5.74) is 2.10. The second kappa shape index (κ2) is 9.41. The van der Waals surface area contributed by atoms with Crippen LogP contribution in [0.25, 0.3) is 11.0 Å². The minimum Gasteiger partial charge on any atom is -0.497 e. The minimum absolute atomic E-state index is 0.110. The lowest BCUT2D eigenvalue weighted by atomic mass is 9.98. The zero-order chi connectivity index (χ0) is 23.8. The summed E-state index contributed by atoms with van der Waals surface area (Å²) in [7, 11) is 1.60. The van der Waals surface area contributed by atoms with Crippen LogP contribution in [-0.2, 0) is 4.74 Å². The molecule has 2 aliphatic rings. The molecule has 0 spiro atoms. The van der Waals surface area contributed by atoms with E-state index >= 15 is 0 Å². The van der Waals surface area contributed by atoms with Gasteiger partial charge in [0.2, 0.25) is 5.76 Å². The molecular weight excluding hydrogens is 456 g/mol. The highest BCUT2D eigenvalue weighted by Gasteiger charge is 2.42. The van der Waals surface area contributed by atoms with Crippen LogP contribution in [0.1, 0.15) is 39.7 Å². The Hall–Kier alpha value is -2.87. The van der Waals surface area contributed by atoms with E-state index in [9.17, 15) is 9.59 Å². The number of hydrogen-bond acceptors (Lipinski definition) is 6. The molecule has 34 heavy (non-hydrogen) atoms. The molecule has 1 atom stereocenters. The number of amides is 1. The summed E-state index contributed by atoms with van der Waals surface area (Å²) in [4.78, 5) is 31.3. The summed E-state index contributed by atoms with van der Waals surface area (Å²) < 4.78 is 16.9. The number of benzene rings is 2. The molecule has 178 valence electrons. The van der Waals surface area contributed by atoms with Gasteiger partial charge in [-0.2, -0.15) is 0 Å². The summed E-state index contributed by atoms with van der Waals surface area (Å²) in [5, 5.41) is 0.870. The summed E-state index contributed by atoms with van der Waals surface area (Å²) in [6, 6.07) is 10.3. The van der Waals surface area contributed by atoms with E-state index in [0.717, 1.165) is 50.4 Å². The average molecular weight is 483 g/mol. The summed E-state index contributed by atoms with van der Waals surface area (Å²) in [5.74, 6) is 0.505. The van der Waals surface area contributed by atoms with Crippen molar-refractivity contribution < 1.29 is 18.7 Å². The van der Waals surface area contributed by atoms with E-state index in [-0.39, 0.29) is 17.1 Å². The number of fused-ring (bicyclic) bond motifs is 2. The van der Waals surface area contributed by atoms with Crippen LogP contribution in [0.2, 0.25) is 5.02 Å². The van der Waals surface area contributed by atoms with Crippen molar-refractivity contribution in [2.24, 2.45) is 0 Å². The zero-order valence-electron chi connectivity index (χ0n) is 19.3. The maximum atomic E-state index is 13.7. The van der Waals surface area contributed by atoms with Gasteiger partial charge in [0, 0.05) is 31.2 Å². The molecular formula is C26H27ClN2O5. The Morgan fingerprint density at radius 3 is 2.68 bits per heavy atom. The molecule has 1 saturated heterocycles. The van der Waals surface area contributed by atoms with Gasteiger partial charge in [-0.15, -0.1) is 0 Å². The molecule has 3 aromatic rings. The molecule has 0 saturated carbocycles. The van der Waals surface area contributed by atoms with Gasteiger partial charge in [-0.05, 0) is 48.7 Å². The van der Waals surface area contributed by atoms with Crippen molar-refractivity contribution in [1.29, 1.82) is 0 Å². The molecule has 1 aromatic heterocycles. The lowest BCUT2D eigenvalue weighted by Crippen LogP contribution is -2.38. The van der Waals surface area contributed by atoms with Crippen molar-refractivity contribution in [2.45, 2.75) is 19.4 Å². The molecule has 1 amide bonds. The molecule has 1 fully saturated rings. The Morgan fingerprint density at radius 1 is 1.12 bits per heavy atom. The first-order chi connectivity index (χ1) is 16.5. The third-order valence-electron chi connectivity index (χ3n) is 6.63. The third kappa shape index (κ3) is 4.08. The van der Waals surface area contributed by atoms with Gasteiger partial charge in [0.25, 0.3) is 5.91 Å². The van der Waals surface area contributed by atoms with Crippen molar-refractivity contribution in [2.75, 3.05) is 46.5 Å². The lowest BCUT2D eigenvalue weighted by Gasteiger charge is -2.29. The van der Waals surface area contributed by atoms with Crippen molar-refractivity contribution in [1.82, 2.24) is 9.80 Å². The van der Waals surface area contributed by atoms with Crippen molar-refractivity contribution in [3.63, 3.8) is 0 Å². The van der Waals surface area contributed by atoms with E-state index in [1.165, 1.54) is 0 Å². The van der Waals surface area contributed by atoms with Gasteiger partial charge in [-0.25, -0.2) is 0 Å². The molecule has 0 bridgehead atoms. The number of rotatable bonds is 6. The van der Waals surface area contributed by atoms with E-state index < -0.39 is 6.04 Å². The predicted octanol–water partition coefficient (Wildman–Crippen LogP) is 4.03. The fourth-order valence-electron chi connectivity index (χ4n) is 4.82. The van der Waals surface area contributed by atoms with Crippen LogP contribution in [0.4, 0.5) is 0 Å². The number of carbonyl (C=O) groups is 1. The first kappa shape index (κ1) is 22.9.